The molecule has 0 bridgehead atoms. The summed E-state index contributed by atoms with van der Waals surface area (Å²) < 4.78 is 32.0. The fraction of sp³-hybridized carbons (Fsp3) is 0.0909. The Morgan fingerprint density at radius 3 is 2.86 bits per heavy atom. The lowest BCUT2D eigenvalue weighted by Crippen LogP contribution is -2.22. The highest BCUT2D eigenvalue weighted by atomic mass is 35.5. The van der Waals surface area contributed by atoms with Crippen molar-refractivity contribution in [2.24, 2.45) is 0 Å². The molecule has 0 fully saturated rings. The van der Waals surface area contributed by atoms with Crippen LogP contribution in [-0.2, 0) is 16.6 Å². The summed E-state index contributed by atoms with van der Waals surface area (Å²) in [4.78, 5) is 5.00. The van der Waals surface area contributed by atoms with Crippen molar-refractivity contribution in [3.8, 4) is 10.7 Å². The standard InChI is InChI=1S/C11H8ClN3O3S3/c12-8-3-4-10(20-8)21(16,17)13-6-9-14-11(15-18-9)7-2-1-5-19-7/h1-5,13H,6H2. The molecule has 3 aromatic heterocycles. The summed E-state index contributed by atoms with van der Waals surface area (Å²) in [5, 5.41) is 5.70. The molecule has 0 aromatic carbocycles. The molecule has 0 unspecified atom stereocenters. The van der Waals surface area contributed by atoms with Crippen molar-refractivity contribution < 1.29 is 12.9 Å². The van der Waals surface area contributed by atoms with Crippen molar-refractivity contribution in [3.05, 3.63) is 39.9 Å². The van der Waals surface area contributed by atoms with Crippen LogP contribution in [0.3, 0.4) is 0 Å². The molecule has 110 valence electrons. The van der Waals surface area contributed by atoms with Crippen molar-refractivity contribution in [2.75, 3.05) is 0 Å². The van der Waals surface area contributed by atoms with Gasteiger partial charge in [0.1, 0.15) is 4.21 Å². The van der Waals surface area contributed by atoms with Crippen LogP contribution in [0.5, 0.6) is 0 Å². The molecular weight excluding hydrogens is 354 g/mol. The van der Waals surface area contributed by atoms with Gasteiger partial charge in [0.05, 0.1) is 15.8 Å². The van der Waals surface area contributed by atoms with E-state index in [0.29, 0.717) is 10.2 Å². The first-order valence-electron chi connectivity index (χ1n) is 5.66. The lowest BCUT2D eigenvalue weighted by molar-refractivity contribution is 0.376. The average Bonchev–Trinajstić information content (AvgIpc) is 3.17. The predicted molar refractivity (Wildman–Crippen MR) is 81.0 cm³/mol. The van der Waals surface area contributed by atoms with E-state index in [1.54, 1.807) is 0 Å². The van der Waals surface area contributed by atoms with Gasteiger partial charge in [-0.3, -0.25) is 0 Å². The Balaban J connectivity index is 1.71. The molecule has 6 nitrogen and oxygen atoms in total. The normalized spacial score (nSPS) is 11.9. The number of rotatable bonds is 5. The van der Waals surface area contributed by atoms with E-state index in [9.17, 15) is 8.42 Å². The molecule has 0 saturated heterocycles. The third-order valence-electron chi connectivity index (χ3n) is 2.44. The van der Waals surface area contributed by atoms with Crippen molar-refractivity contribution in [1.82, 2.24) is 14.9 Å². The maximum absolute atomic E-state index is 12.0. The molecule has 0 spiro atoms. The van der Waals surface area contributed by atoms with Gasteiger partial charge in [0.2, 0.25) is 11.7 Å². The molecular formula is C11H8ClN3O3S3. The van der Waals surface area contributed by atoms with Gasteiger partial charge in [0, 0.05) is 0 Å². The minimum absolute atomic E-state index is 0.0732. The monoisotopic (exact) mass is 361 g/mol. The Kier molecular flexibility index (Phi) is 4.09. The zero-order chi connectivity index (χ0) is 14.9. The van der Waals surface area contributed by atoms with E-state index < -0.39 is 10.0 Å². The maximum atomic E-state index is 12.0. The second-order valence-electron chi connectivity index (χ2n) is 3.87. The molecule has 0 amide bonds. The van der Waals surface area contributed by atoms with Crippen LogP contribution in [0.2, 0.25) is 4.34 Å². The Bertz CT molecular complexity index is 839. The lowest BCUT2D eigenvalue weighted by atomic mass is 10.4. The van der Waals surface area contributed by atoms with E-state index in [2.05, 4.69) is 14.9 Å². The van der Waals surface area contributed by atoms with Gasteiger partial charge in [-0.2, -0.15) is 4.98 Å². The first kappa shape index (κ1) is 14.7. The highest BCUT2D eigenvalue weighted by Crippen LogP contribution is 2.25. The van der Waals surface area contributed by atoms with Crippen LogP contribution >= 0.6 is 34.3 Å². The molecule has 21 heavy (non-hydrogen) atoms. The molecule has 0 radical (unpaired) electrons. The van der Waals surface area contributed by atoms with Crippen LogP contribution < -0.4 is 4.72 Å². The molecule has 3 aromatic rings. The summed E-state index contributed by atoms with van der Waals surface area (Å²) in [6.07, 6.45) is 0. The number of hydrogen-bond acceptors (Lipinski definition) is 7. The van der Waals surface area contributed by atoms with E-state index in [-0.39, 0.29) is 16.6 Å². The Labute approximate surface area is 133 Å². The predicted octanol–water partition coefficient (Wildman–Crippen LogP) is 2.99. The number of aromatic nitrogens is 2. The van der Waals surface area contributed by atoms with Crippen LogP contribution in [-0.4, -0.2) is 18.6 Å². The zero-order valence-corrected chi connectivity index (χ0v) is 13.5. The summed E-state index contributed by atoms with van der Waals surface area (Å²) in [6.45, 7) is -0.0732. The van der Waals surface area contributed by atoms with Gasteiger partial charge in [-0.15, -0.1) is 22.7 Å². The quantitative estimate of drug-likeness (QED) is 0.755. The minimum atomic E-state index is -3.62. The van der Waals surface area contributed by atoms with E-state index >= 15 is 0 Å². The van der Waals surface area contributed by atoms with Crippen LogP contribution in [0.25, 0.3) is 10.7 Å². The van der Waals surface area contributed by atoms with Crippen LogP contribution in [0.4, 0.5) is 0 Å². The fourth-order valence-electron chi connectivity index (χ4n) is 1.50. The number of nitrogens with zero attached hydrogens (tertiary/aromatic N) is 2. The van der Waals surface area contributed by atoms with Gasteiger partial charge >= 0.3 is 0 Å². The largest absolute Gasteiger partial charge is 0.337 e. The van der Waals surface area contributed by atoms with Gasteiger partial charge < -0.3 is 4.52 Å². The molecule has 1 N–H and O–H groups in total. The second-order valence-corrected chi connectivity index (χ2v) is 8.53. The van der Waals surface area contributed by atoms with Crippen LogP contribution in [0.1, 0.15) is 5.89 Å². The van der Waals surface area contributed by atoms with E-state index in [0.717, 1.165) is 16.2 Å². The minimum Gasteiger partial charge on any atom is -0.337 e. The molecule has 0 aliphatic heterocycles. The summed E-state index contributed by atoms with van der Waals surface area (Å²) in [5.41, 5.74) is 0. The molecule has 0 saturated carbocycles. The Hall–Kier alpha value is -1.26. The number of sulfonamides is 1. The van der Waals surface area contributed by atoms with Crippen molar-refractivity contribution in [1.29, 1.82) is 0 Å². The first-order valence-corrected chi connectivity index (χ1v) is 9.22. The molecule has 0 aliphatic rings. The maximum Gasteiger partial charge on any atom is 0.250 e. The Morgan fingerprint density at radius 1 is 1.33 bits per heavy atom. The molecule has 10 heteroatoms. The van der Waals surface area contributed by atoms with Gasteiger partial charge in [0.15, 0.2) is 0 Å². The van der Waals surface area contributed by atoms with E-state index in [1.807, 2.05) is 17.5 Å². The van der Waals surface area contributed by atoms with Crippen molar-refractivity contribution >= 4 is 44.3 Å². The van der Waals surface area contributed by atoms with E-state index in [4.69, 9.17) is 16.1 Å². The van der Waals surface area contributed by atoms with Crippen molar-refractivity contribution in [3.63, 3.8) is 0 Å². The lowest BCUT2D eigenvalue weighted by Gasteiger charge is -2.00. The number of hydrogen-bond donors (Lipinski definition) is 1. The molecule has 3 rings (SSSR count). The van der Waals surface area contributed by atoms with Gasteiger partial charge in [-0.1, -0.05) is 22.8 Å². The molecule has 3 heterocycles. The van der Waals surface area contributed by atoms with Gasteiger partial charge in [-0.25, -0.2) is 13.1 Å². The SMILES string of the molecule is O=S(=O)(NCc1nc(-c2cccs2)no1)c1ccc(Cl)s1. The molecule has 0 aliphatic carbocycles. The summed E-state index contributed by atoms with van der Waals surface area (Å²) >= 11 is 8.19. The smallest absolute Gasteiger partial charge is 0.250 e. The van der Waals surface area contributed by atoms with E-state index in [1.165, 1.54) is 23.5 Å². The number of halogens is 1. The third-order valence-corrected chi connectivity index (χ3v) is 6.43. The Morgan fingerprint density at radius 2 is 2.19 bits per heavy atom. The summed E-state index contributed by atoms with van der Waals surface area (Å²) in [5.74, 6) is 0.642. The number of thiophene rings is 2. The van der Waals surface area contributed by atoms with Gasteiger partial charge in [0.25, 0.3) is 10.0 Å². The topological polar surface area (TPSA) is 85.1 Å². The van der Waals surface area contributed by atoms with Gasteiger partial charge in [-0.05, 0) is 23.6 Å². The third kappa shape index (κ3) is 3.33. The number of nitrogens with one attached hydrogen (secondary N) is 1. The first-order chi connectivity index (χ1) is 10.0. The average molecular weight is 362 g/mol. The highest BCUT2D eigenvalue weighted by Gasteiger charge is 2.18. The zero-order valence-electron chi connectivity index (χ0n) is 10.3. The van der Waals surface area contributed by atoms with Crippen molar-refractivity contribution in [2.45, 2.75) is 10.8 Å². The highest BCUT2D eigenvalue weighted by molar-refractivity contribution is 7.91. The fourth-order valence-corrected chi connectivity index (χ4v) is 4.65. The van der Waals surface area contributed by atoms with Crippen LogP contribution in [0.15, 0.2) is 38.4 Å². The summed E-state index contributed by atoms with van der Waals surface area (Å²) in [6, 6.07) is 6.71. The molecule has 0 atom stereocenters. The van der Waals surface area contributed by atoms with Crippen LogP contribution in [0, 0.1) is 0 Å². The second kappa shape index (κ2) is 5.85. The summed E-state index contributed by atoms with van der Waals surface area (Å²) in [7, 11) is -3.62.